The first-order chi connectivity index (χ1) is 35.2. The number of unbranched alkanes of at least 4 members (excludes halogenated alkanes) is 44. The molecule has 4 heteroatoms. The number of nitrogens with one attached hydrogen (secondary N) is 1. The highest BCUT2D eigenvalue weighted by molar-refractivity contribution is 5.76. The fourth-order valence-corrected chi connectivity index (χ4v) is 9.83. The van der Waals surface area contributed by atoms with Crippen molar-refractivity contribution < 1.29 is 15.0 Å². The van der Waals surface area contributed by atoms with Crippen LogP contribution in [0.15, 0.2) is 60.8 Å². The quantitative estimate of drug-likeness (QED) is 0.0420. The summed E-state index contributed by atoms with van der Waals surface area (Å²) < 4.78 is 0. The van der Waals surface area contributed by atoms with E-state index < -0.39 is 12.1 Å². The molecule has 0 aliphatic carbocycles. The topological polar surface area (TPSA) is 69.6 Å². The smallest absolute Gasteiger partial charge is 0.220 e. The number of carbonyl (C=O) groups is 1. The van der Waals surface area contributed by atoms with Crippen LogP contribution in [-0.4, -0.2) is 34.9 Å². The Morgan fingerprint density at radius 3 is 0.901 bits per heavy atom. The van der Waals surface area contributed by atoms with Gasteiger partial charge in [-0.15, -0.1) is 0 Å². The summed E-state index contributed by atoms with van der Waals surface area (Å²) in [5.41, 5.74) is 0. The van der Waals surface area contributed by atoms with E-state index in [0.29, 0.717) is 6.42 Å². The van der Waals surface area contributed by atoms with E-state index in [9.17, 15) is 15.0 Å². The van der Waals surface area contributed by atoms with Crippen LogP contribution in [-0.2, 0) is 4.79 Å². The van der Waals surface area contributed by atoms with Crippen LogP contribution in [0.3, 0.4) is 0 Å². The zero-order valence-corrected chi connectivity index (χ0v) is 48.0. The minimum absolute atomic E-state index is 0.0743. The zero-order chi connectivity index (χ0) is 51.3. The van der Waals surface area contributed by atoms with Gasteiger partial charge in [0, 0.05) is 6.42 Å². The van der Waals surface area contributed by atoms with Crippen LogP contribution in [0.5, 0.6) is 0 Å². The third kappa shape index (κ3) is 58.8. The Hall–Kier alpha value is -1.91. The van der Waals surface area contributed by atoms with Crippen LogP contribution in [0.2, 0.25) is 0 Å². The third-order valence-corrected chi connectivity index (χ3v) is 14.7. The molecule has 0 heterocycles. The van der Waals surface area contributed by atoms with Crippen molar-refractivity contribution in [1.29, 1.82) is 0 Å². The van der Waals surface area contributed by atoms with Crippen molar-refractivity contribution in [2.75, 3.05) is 6.61 Å². The number of carbonyl (C=O) groups excluding carboxylic acids is 1. The molecule has 0 aromatic carbocycles. The summed E-state index contributed by atoms with van der Waals surface area (Å²) >= 11 is 0. The monoisotopic (exact) mass is 992 g/mol. The van der Waals surface area contributed by atoms with Gasteiger partial charge in [-0.3, -0.25) is 4.79 Å². The predicted molar refractivity (Wildman–Crippen MR) is 318 cm³/mol. The number of hydrogen-bond acceptors (Lipinski definition) is 3. The predicted octanol–water partition coefficient (Wildman–Crippen LogP) is 21.5. The SMILES string of the molecule is CCCCCCCCCCCCCC/C=C/CC/C=C/CC/C=C/C(O)C(CO)NC(=O)CCCCCCCCCCCCCCCCCCC/C=C\C/C=C\CCCCCCCCCCCCCCC. The molecule has 0 rings (SSSR count). The third-order valence-electron chi connectivity index (χ3n) is 14.7. The van der Waals surface area contributed by atoms with E-state index in [2.05, 4.69) is 67.8 Å². The Bertz CT molecular complexity index is 1170. The Labute approximate surface area is 445 Å². The van der Waals surface area contributed by atoms with Crippen LogP contribution in [0.4, 0.5) is 0 Å². The largest absolute Gasteiger partial charge is 0.394 e. The molecule has 2 atom stereocenters. The Morgan fingerprint density at radius 2 is 0.592 bits per heavy atom. The maximum absolute atomic E-state index is 12.5. The second-order valence-electron chi connectivity index (χ2n) is 21.8. The molecule has 0 fully saturated rings. The Kier molecular flexibility index (Phi) is 60.7. The molecule has 416 valence electrons. The van der Waals surface area contributed by atoms with Crippen LogP contribution in [0, 0.1) is 0 Å². The molecule has 0 aromatic heterocycles. The van der Waals surface area contributed by atoms with Crippen LogP contribution in [0.25, 0.3) is 0 Å². The van der Waals surface area contributed by atoms with Gasteiger partial charge in [-0.05, 0) is 77.0 Å². The van der Waals surface area contributed by atoms with Crippen molar-refractivity contribution in [2.45, 2.75) is 353 Å². The summed E-state index contributed by atoms with van der Waals surface area (Å²) in [6, 6.07) is -0.648. The van der Waals surface area contributed by atoms with Crippen molar-refractivity contribution in [3.63, 3.8) is 0 Å². The van der Waals surface area contributed by atoms with E-state index in [-0.39, 0.29) is 12.5 Å². The van der Waals surface area contributed by atoms with Gasteiger partial charge in [-0.25, -0.2) is 0 Å². The van der Waals surface area contributed by atoms with Gasteiger partial charge >= 0.3 is 0 Å². The maximum Gasteiger partial charge on any atom is 0.220 e. The lowest BCUT2D eigenvalue weighted by Crippen LogP contribution is -2.45. The lowest BCUT2D eigenvalue weighted by molar-refractivity contribution is -0.123. The van der Waals surface area contributed by atoms with E-state index in [4.69, 9.17) is 0 Å². The second kappa shape index (κ2) is 62.4. The molecule has 0 aromatic rings. The van der Waals surface area contributed by atoms with Crippen LogP contribution < -0.4 is 5.32 Å². The number of aliphatic hydroxyl groups excluding tert-OH is 2. The minimum atomic E-state index is -0.873. The number of aliphatic hydroxyl groups is 2. The van der Waals surface area contributed by atoms with Gasteiger partial charge in [0.05, 0.1) is 18.8 Å². The molecular formula is C67H125NO3. The van der Waals surface area contributed by atoms with E-state index in [1.54, 1.807) is 6.08 Å². The average molecular weight is 993 g/mol. The normalized spacial score (nSPS) is 13.1. The highest BCUT2D eigenvalue weighted by Crippen LogP contribution is 2.17. The average Bonchev–Trinajstić information content (AvgIpc) is 3.37. The molecule has 0 aliphatic heterocycles. The fourth-order valence-electron chi connectivity index (χ4n) is 9.83. The highest BCUT2D eigenvalue weighted by atomic mass is 16.3. The van der Waals surface area contributed by atoms with Crippen LogP contribution >= 0.6 is 0 Å². The first-order valence-electron chi connectivity index (χ1n) is 32.0. The number of hydrogen-bond donors (Lipinski definition) is 3. The molecule has 3 N–H and O–H groups in total. The molecule has 0 bridgehead atoms. The standard InChI is InChI=1S/C67H125NO3/c1-3-5-7-9-11-13-15-17-19-21-23-25-27-28-29-30-31-32-33-34-35-36-37-38-39-40-41-43-45-47-49-51-53-55-57-59-61-63-67(71)68-65(64-69)66(70)62-60-58-56-54-52-50-48-46-44-42-26-24-22-20-18-16-14-12-10-8-6-4-2/h29-30,32-33,44,46,52,54,60,62,65-66,69-70H,3-28,31,34-43,45,47-51,53,55-59,61,63-64H2,1-2H3,(H,68,71)/b30-29-,33-32-,46-44+,54-52+,62-60+. The molecule has 71 heavy (non-hydrogen) atoms. The van der Waals surface area contributed by atoms with Gasteiger partial charge in [0.25, 0.3) is 0 Å². The first kappa shape index (κ1) is 69.1. The van der Waals surface area contributed by atoms with E-state index in [1.165, 1.54) is 276 Å². The summed E-state index contributed by atoms with van der Waals surface area (Å²) in [5.74, 6) is -0.0743. The summed E-state index contributed by atoms with van der Waals surface area (Å²) in [4.78, 5) is 12.5. The molecule has 1 amide bonds. The van der Waals surface area contributed by atoms with Gasteiger partial charge in [-0.2, -0.15) is 0 Å². The molecule has 0 aliphatic rings. The molecule has 0 spiro atoms. The fraction of sp³-hybridized carbons (Fsp3) is 0.836. The number of amides is 1. The molecule has 0 saturated heterocycles. The van der Waals surface area contributed by atoms with Crippen molar-refractivity contribution >= 4 is 5.91 Å². The van der Waals surface area contributed by atoms with Crippen molar-refractivity contribution in [3.05, 3.63) is 60.8 Å². The lowest BCUT2D eigenvalue weighted by Gasteiger charge is -2.19. The lowest BCUT2D eigenvalue weighted by atomic mass is 10.0. The van der Waals surface area contributed by atoms with E-state index >= 15 is 0 Å². The number of allylic oxidation sites excluding steroid dienone is 9. The van der Waals surface area contributed by atoms with Gasteiger partial charge < -0.3 is 15.5 Å². The minimum Gasteiger partial charge on any atom is -0.394 e. The molecule has 0 radical (unpaired) electrons. The summed E-state index contributed by atoms with van der Waals surface area (Å²) in [5, 5.41) is 23.2. The number of rotatable bonds is 59. The Morgan fingerprint density at radius 1 is 0.338 bits per heavy atom. The van der Waals surface area contributed by atoms with E-state index in [0.717, 1.165) is 44.9 Å². The van der Waals surface area contributed by atoms with Gasteiger partial charge in [0.2, 0.25) is 5.91 Å². The van der Waals surface area contributed by atoms with Crippen molar-refractivity contribution in [3.8, 4) is 0 Å². The van der Waals surface area contributed by atoms with Crippen LogP contribution in [0.1, 0.15) is 341 Å². The van der Waals surface area contributed by atoms with Gasteiger partial charge in [0.15, 0.2) is 0 Å². The molecule has 0 saturated carbocycles. The van der Waals surface area contributed by atoms with Crippen molar-refractivity contribution in [1.82, 2.24) is 5.32 Å². The van der Waals surface area contributed by atoms with Gasteiger partial charge in [0.1, 0.15) is 0 Å². The molecule has 4 nitrogen and oxygen atoms in total. The molecular weight excluding hydrogens is 867 g/mol. The summed E-state index contributed by atoms with van der Waals surface area (Å²) in [6.07, 6.45) is 88.6. The Balaban J connectivity index is 3.49. The first-order valence-corrected chi connectivity index (χ1v) is 32.0. The molecule has 2 unspecified atom stereocenters. The van der Waals surface area contributed by atoms with E-state index in [1.807, 2.05) is 6.08 Å². The summed E-state index contributed by atoms with van der Waals surface area (Å²) in [7, 11) is 0. The summed E-state index contributed by atoms with van der Waals surface area (Å²) in [6.45, 7) is 4.32. The highest BCUT2D eigenvalue weighted by Gasteiger charge is 2.18. The maximum atomic E-state index is 12.5. The van der Waals surface area contributed by atoms with Crippen molar-refractivity contribution in [2.24, 2.45) is 0 Å². The second-order valence-corrected chi connectivity index (χ2v) is 21.8. The van der Waals surface area contributed by atoms with Gasteiger partial charge in [-0.1, -0.05) is 319 Å². The zero-order valence-electron chi connectivity index (χ0n) is 48.0.